The smallest absolute Gasteiger partial charge is 0.343 e. The lowest BCUT2D eigenvalue weighted by atomic mass is 9.85. The highest BCUT2D eigenvalue weighted by Gasteiger charge is 2.45. The molecule has 0 unspecified atom stereocenters. The van der Waals surface area contributed by atoms with Crippen LogP contribution in [-0.4, -0.2) is 41.7 Å². The Morgan fingerprint density at radius 3 is 2.72 bits per heavy atom. The Hall–Kier alpha value is -4.09. The molecule has 1 aliphatic carbocycles. The molecule has 4 aromatic rings. The van der Waals surface area contributed by atoms with Crippen LogP contribution in [0.15, 0.2) is 40.2 Å². The molecule has 3 aliphatic rings. The molecule has 1 saturated carbocycles. The van der Waals surface area contributed by atoms with E-state index in [1.165, 1.54) is 16.7 Å². The van der Waals surface area contributed by atoms with Gasteiger partial charge >= 0.3 is 5.97 Å². The first-order valence-electron chi connectivity index (χ1n) is 13.0. The zero-order valence-electron chi connectivity index (χ0n) is 21.1. The third-order valence-corrected chi connectivity index (χ3v) is 8.19. The van der Waals surface area contributed by atoms with Gasteiger partial charge in [-0.25, -0.2) is 9.18 Å². The van der Waals surface area contributed by atoms with Gasteiger partial charge in [0.15, 0.2) is 11.0 Å². The van der Waals surface area contributed by atoms with E-state index in [1.807, 2.05) is 15.4 Å². The normalized spacial score (nSPS) is 19.6. The summed E-state index contributed by atoms with van der Waals surface area (Å²) >= 11 is 0. The van der Waals surface area contributed by atoms with Crippen LogP contribution in [0.2, 0.25) is 0 Å². The maximum absolute atomic E-state index is 15.1. The Bertz CT molecular complexity index is 1850. The molecule has 39 heavy (non-hydrogen) atoms. The van der Waals surface area contributed by atoms with Gasteiger partial charge < -0.3 is 24.1 Å². The summed E-state index contributed by atoms with van der Waals surface area (Å²) in [7, 11) is 0. The highest BCUT2D eigenvalue weighted by molar-refractivity contribution is 5.89. The van der Waals surface area contributed by atoms with Crippen LogP contribution in [0.4, 0.5) is 4.39 Å². The molecule has 1 aromatic carbocycles. The number of ether oxygens (including phenoxy) is 1. The Balaban J connectivity index is 1.56. The van der Waals surface area contributed by atoms with E-state index < -0.39 is 28.4 Å². The van der Waals surface area contributed by atoms with Crippen molar-refractivity contribution in [2.24, 2.45) is 0 Å². The molecule has 2 aliphatic heterocycles. The average Bonchev–Trinajstić information content (AvgIpc) is 3.53. The lowest BCUT2D eigenvalue weighted by Crippen LogP contribution is -2.44. The Morgan fingerprint density at radius 2 is 2.00 bits per heavy atom. The Labute approximate surface area is 220 Å². The number of aliphatic hydroxyl groups is 2. The van der Waals surface area contributed by atoms with Crippen molar-refractivity contribution in [2.45, 2.75) is 57.4 Å². The summed E-state index contributed by atoms with van der Waals surface area (Å²) in [6.07, 6.45) is 5.64. The maximum atomic E-state index is 15.1. The molecule has 0 amide bonds. The fraction of sp³-hybridized carbons (Fsp3) is 0.357. The van der Waals surface area contributed by atoms with E-state index in [9.17, 15) is 24.6 Å². The zero-order valence-corrected chi connectivity index (χ0v) is 21.1. The first kappa shape index (κ1) is 24.0. The predicted molar refractivity (Wildman–Crippen MR) is 137 cm³/mol. The van der Waals surface area contributed by atoms with Crippen LogP contribution in [-0.2, 0) is 34.7 Å². The average molecular weight is 533 g/mol. The number of pyridine rings is 2. The minimum absolute atomic E-state index is 0.0181. The summed E-state index contributed by atoms with van der Waals surface area (Å²) in [5.41, 5.74) is -0.337. The zero-order chi connectivity index (χ0) is 27.2. The summed E-state index contributed by atoms with van der Waals surface area (Å²) in [5, 5.41) is 25.3. The fourth-order valence-electron chi connectivity index (χ4n) is 5.91. The number of halogens is 1. The number of cyclic esters (lactones) is 1. The number of carbonyl (C=O) groups excluding carboxylic acids is 1. The topological polar surface area (TPSA) is 129 Å². The number of carbonyl (C=O) groups is 1. The standard InChI is InChI=1S/C28H25FN4O6/c1-2-28(38)19-9-22-24-23(12-31(22)26(36)18(19)13-39-27(28)37)33(16-10-30-32(11-16)15-3-4-15)21-7-14(5-6-34)20(29)8-17(21)25(24)35/h7-11,15,34,38H,2-6,12-13H2,1H3/t28-/m0/s1. The highest BCUT2D eigenvalue weighted by atomic mass is 19.1. The summed E-state index contributed by atoms with van der Waals surface area (Å²) in [6.45, 7) is 1.12. The number of hydrogen-bond donors (Lipinski definition) is 2. The van der Waals surface area contributed by atoms with E-state index in [4.69, 9.17) is 4.74 Å². The summed E-state index contributed by atoms with van der Waals surface area (Å²) in [5.74, 6) is -1.46. The molecular formula is C28H25FN4O6. The summed E-state index contributed by atoms with van der Waals surface area (Å²) in [6, 6.07) is 4.56. The van der Waals surface area contributed by atoms with Crippen molar-refractivity contribution in [2.75, 3.05) is 6.61 Å². The summed E-state index contributed by atoms with van der Waals surface area (Å²) in [4.78, 5) is 40.2. The van der Waals surface area contributed by atoms with E-state index in [0.717, 1.165) is 12.8 Å². The van der Waals surface area contributed by atoms with Crippen LogP contribution < -0.4 is 11.0 Å². The van der Waals surface area contributed by atoms with Crippen molar-refractivity contribution in [3.8, 4) is 16.9 Å². The molecule has 0 bridgehead atoms. The lowest BCUT2D eigenvalue weighted by molar-refractivity contribution is -0.172. The van der Waals surface area contributed by atoms with Gasteiger partial charge in [-0.3, -0.25) is 14.3 Å². The highest BCUT2D eigenvalue weighted by Crippen LogP contribution is 2.40. The molecule has 7 rings (SSSR count). The van der Waals surface area contributed by atoms with Gasteiger partial charge in [0.05, 0.1) is 52.5 Å². The van der Waals surface area contributed by atoms with E-state index in [-0.39, 0.29) is 65.9 Å². The first-order valence-corrected chi connectivity index (χ1v) is 13.0. The molecule has 2 N–H and O–H groups in total. The van der Waals surface area contributed by atoms with Gasteiger partial charge in [0, 0.05) is 23.8 Å². The number of aliphatic hydroxyl groups excluding tert-OH is 1. The molecular weight excluding hydrogens is 507 g/mol. The number of hydrogen-bond acceptors (Lipinski definition) is 7. The van der Waals surface area contributed by atoms with Crippen molar-refractivity contribution in [3.63, 3.8) is 0 Å². The second kappa shape index (κ2) is 8.20. The van der Waals surface area contributed by atoms with Crippen LogP contribution in [0, 0.1) is 5.82 Å². The van der Waals surface area contributed by atoms with E-state index in [0.29, 0.717) is 22.9 Å². The van der Waals surface area contributed by atoms with E-state index in [1.54, 1.807) is 19.2 Å². The minimum atomic E-state index is -2.02. The minimum Gasteiger partial charge on any atom is -0.458 e. The van der Waals surface area contributed by atoms with E-state index >= 15 is 4.39 Å². The van der Waals surface area contributed by atoms with E-state index in [2.05, 4.69) is 5.10 Å². The van der Waals surface area contributed by atoms with Crippen LogP contribution in [0.3, 0.4) is 0 Å². The first-order chi connectivity index (χ1) is 18.8. The van der Waals surface area contributed by atoms with Gasteiger partial charge in [0.25, 0.3) is 5.56 Å². The molecule has 200 valence electrons. The van der Waals surface area contributed by atoms with Crippen LogP contribution >= 0.6 is 0 Å². The van der Waals surface area contributed by atoms with Gasteiger partial charge in [-0.05, 0) is 49.4 Å². The quantitative estimate of drug-likeness (QED) is 0.332. The number of rotatable bonds is 5. The van der Waals surface area contributed by atoms with Gasteiger partial charge in [-0.2, -0.15) is 5.10 Å². The van der Waals surface area contributed by atoms with Crippen molar-refractivity contribution >= 4 is 16.9 Å². The van der Waals surface area contributed by atoms with Crippen molar-refractivity contribution < 1.29 is 24.1 Å². The second-order valence-electron chi connectivity index (χ2n) is 10.4. The maximum Gasteiger partial charge on any atom is 0.343 e. The number of aromatic nitrogens is 4. The third kappa shape index (κ3) is 3.26. The Kier molecular flexibility index (Phi) is 5.05. The molecule has 11 heteroatoms. The lowest BCUT2D eigenvalue weighted by Gasteiger charge is -2.31. The van der Waals surface area contributed by atoms with Crippen molar-refractivity contribution in [1.82, 2.24) is 18.9 Å². The third-order valence-electron chi connectivity index (χ3n) is 8.19. The predicted octanol–water partition coefficient (Wildman–Crippen LogP) is 2.04. The van der Waals surface area contributed by atoms with Gasteiger partial charge in [0.1, 0.15) is 12.4 Å². The largest absolute Gasteiger partial charge is 0.458 e. The van der Waals surface area contributed by atoms with Crippen molar-refractivity contribution in [1.29, 1.82) is 0 Å². The number of benzene rings is 1. The van der Waals surface area contributed by atoms with Gasteiger partial charge in [0.2, 0.25) is 0 Å². The molecule has 1 atom stereocenters. The second-order valence-corrected chi connectivity index (χ2v) is 10.4. The Morgan fingerprint density at radius 1 is 1.21 bits per heavy atom. The van der Waals surface area contributed by atoms with Crippen LogP contribution in [0.1, 0.15) is 54.6 Å². The van der Waals surface area contributed by atoms with Gasteiger partial charge in [-0.15, -0.1) is 0 Å². The SMILES string of the molecule is CC[C@@]1(O)C(=O)OCc2c1cc1n(c2=O)Cc2c-1c(=O)c1cc(F)c(CCO)cc1n2-c1cnn(C2CC2)c1. The number of fused-ring (bicyclic) bond motifs is 5. The summed E-state index contributed by atoms with van der Waals surface area (Å²) < 4.78 is 25.3. The van der Waals surface area contributed by atoms with Crippen molar-refractivity contribution in [3.05, 3.63) is 79.4 Å². The monoisotopic (exact) mass is 532 g/mol. The molecule has 1 fully saturated rings. The number of nitrogens with zero attached hydrogens (tertiary/aromatic N) is 4. The molecule has 3 aromatic heterocycles. The van der Waals surface area contributed by atoms with Crippen LogP contribution in [0.25, 0.3) is 27.8 Å². The fourth-order valence-corrected chi connectivity index (χ4v) is 5.91. The molecule has 10 nitrogen and oxygen atoms in total. The van der Waals surface area contributed by atoms with Crippen LogP contribution in [0.5, 0.6) is 0 Å². The molecule has 0 spiro atoms. The number of esters is 1. The van der Waals surface area contributed by atoms with Gasteiger partial charge in [-0.1, -0.05) is 6.92 Å². The molecule has 0 saturated heterocycles. The molecule has 5 heterocycles. The molecule has 0 radical (unpaired) electrons.